The van der Waals surface area contributed by atoms with E-state index in [1.165, 1.54) is 11.8 Å². The van der Waals surface area contributed by atoms with E-state index in [4.69, 9.17) is 21.1 Å². The minimum Gasteiger partial charge on any atom is -0.481 e. The molecule has 0 amide bonds. The predicted molar refractivity (Wildman–Crippen MR) is 79.5 cm³/mol. The summed E-state index contributed by atoms with van der Waals surface area (Å²) in [5.74, 6) is -0.586. The molecule has 0 aliphatic heterocycles. The first-order valence-corrected chi connectivity index (χ1v) is 7.78. The molecule has 1 saturated carbocycles. The SMILES string of the molecule is Cc1ccc(-c2nnc(SC3CC(C(=O)O)C3)o2)c(Cl)c1. The Kier molecular flexibility index (Phi) is 3.91. The molecule has 1 aliphatic carbocycles. The molecular formula is C14H13ClN2O3S. The number of nitrogens with zero attached hydrogens (tertiary/aromatic N) is 2. The largest absolute Gasteiger partial charge is 0.481 e. The maximum atomic E-state index is 10.8. The van der Waals surface area contributed by atoms with Crippen molar-refractivity contribution in [2.45, 2.75) is 30.2 Å². The second-order valence-electron chi connectivity index (χ2n) is 5.10. The lowest BCUT2D eigenvalue weighted by Gasteiger charge is -2.30. The summed E-state index contributed by atoms with van der Waals surface area (Å²) in [7, 11) is 0. The molecule has 1 aromatic carbocycles. The number of aryl methyl sites for hydroxylation is 1. The van der Waals surface area contributed by atoms with Crippen molar-refractivity contribution in [1.29, 1.82) is 0 Å². The van der Waals surface area contributed by atoms with Gasteiger partial charge in [-0.25, -0.2) is 0 Å². The van der Waals surface area contributed by atoms with Crippen molar-refractivity contribution in [3.8, 4) is 11.5 Å². The molecule has 0 atom stereocenters. The lowest BCUT2D eigenvalue weighted by Crippen LogP contribution is -2.32. The van der Waals surface area contributed by atoms with Crippen molar-refractivity contribution in [2.24, 2.45) is 5.92 Å². The van der Waals surface area contributed by atoms with Gasteiger partial charge in [-0.2, -0.15) is 0 Å². The Morgan fingerprint density at radius 2 is 2.19 bits per heavy atom. The Bertz CT molecular complexity index is 683. The van der Waals surface area contributed by atoms with E-state index in [2.05, 4.69) is 10.2 Å². The number of rotatable bonds is 4. The summed E-state index contributed by atoms with van der Waals surface area (Å²) in [5, 5.41) is 18.1. The minimum absolute atomic E-state index is 0.230. The van der Waals surface area contributed by atoms with Gasteiger partial charge in [0, 0.05) is 5.25 Å². The van der Waals surface area contributed by atoms with Gasteiger partial charge in [0.2, 0.25) is 5.89 Å². The third kappa shape index (κ3) is 3.06. The van der Waals surface area contributed by atoms with Crippen LogP contribution in [0.15, 0.2) is 27.8 Å². The molecule has 1 aliphatic rings. The zero-order valence-electron chi connectivity index (χ0n) is 11.2. The van der Waals surface area contributed by atoms with E-state index in [0.29, 0.717) is 34.5 Å². The molecule has 7 heteroatoms. The predicted octanol–water partition coefficient (Wildman–Crippen LogP) is 3.65. The highest BCUT2D eigenvalue weighted by atomic mass is 35.5. The van der Waals surface area contributed by atoms with Crippen molar-refractivity contribution in [3.63, 3.8) is 0 Å². The molecule has 1 fully saturated rings. The Balaban J connectivity index is 1.68. The summed E-state index contributed by atoms with van der Waals surface area (Å²) in [6, 6.07) is 5.63. The molecule has 0 radical (unpaired) electrons. The van der Waals surface area contributed by atoms with Crippen LogP contribution in [-0.2, 0) is 4.79 Å². The van der Waals surface area contributed by atoms with Gasteiger partial charge >= 0.3 is 5.97 Å². The maximum absolute atomic E-state index is 10.8. The first-order valence-electron chi connectivity index (χ1n) is 6.52. The van der Waals surface area contributed by atoms with Crippen LogP contribution in [0.1, 0.15) is 18.4 Å². The normalized spacial score (nSPS) is 21.0. The highest BCUT2D eigenvalue weighted by molar-refractivity contribution is 7.99. The van der Waals surface area contributed by atoms with Crippen LogP contribution in [0.25, 0.3) is 11.5 Å². The van der Waals surface area contributed by atoms with Crippen LogP contribution in [0.5, 0.6) is 0 Å². The van der Waals surface area contributed by atoms with Gasteiger partial charge in [0.15, 0.2) is 0 Å². The number of carboxylic acids is 1. The molecule has 0 bridgehead atoms. The van der Waals surface area contributed by atoms with Gasteiger partial charge in [0.05, 0.1) is 16.5 Å². The summed E-state index contributed by atoms with van der Waals surface area (Å²) in [4.78, 5) is 10.8. The minimum atomic E-state index is -0.732. The van der Waals surface area contributed by atoms with Gasteiger partial charge < -0.3 is 9.52 Å². The van der Waals surface area contributed by atoms with Gasteiger partial charge in [-0.05, 0) is 37.5 Å². The lowest BCUT2D eigenvalue weighted by molar-refractivity contribution is -0.144. The summed E-state index contributed by atoms with van der Waals surface area (Å²) in [5.41, 5.74) is 1.77. The number of hydrogen-bond acceptors (Lipinski definition) is 5. The van der Waals surface area contributed by atoms with Crippen LogP contribution in [0.2, 0.25) is 5.02 Å². The van der Waals surface area contributed by atoms with Crippen molar-refractivity contribution < 1.29 is 14.3 Å². The fourth-order valence-electron chi connectivity index (χ4n) is 2.17. The van der Waals surface area contributed by atoms with E-state index in [1.54, 1.807) is 0 Å². The molecule has 1 aromatic heterocycles. The van der Waals surface area contributed by atoms with Crippen LogP contribution in [0.4, 0.5) is 0 Å². The highest BCUT2D eigenvalue weighted by Crippen LogP contribution is 2.41. The van der Waals surface area contributed by atoms with Crippen molar-refractivity contribution in [1.82, 2.24) is 10.2 Å². The molecule has 5 nitrogen and oxygen atoms in total. The number of benzene rings is 1. The summed E-state index contributed by atoms with van der Waals surface area (Å²) >= 11 is 7.60. The summed E-state index contributed by atoms with van der Waals surface area (Å²) < 4.78 is 5.60. The summed E-state index contributed by atoms with van der Waals surface area (Å²) in [6.45, 7) is 1.96. The van der Waals surface area contributed by atoms with Gasteiger partial charge in [-0.1, -0.05) is 29.4 Å². The number of halogens is 1. The quantitative estimate of drug-likeness (QED) is 0.925. The monoisotopic (exact) mass is 324 g/mol. The van der Waals surface area contributed by atoms with Crippen molar-refractivity contribution >= 4 is 29.3 Å². The lowest BCUT2D eigenvalue weighted by atomic mass is 9.85. The molecule has 110 valence electrons. The smallest absolute Gasteiger partial charge is 0.306 e. The zero-order valence-corrected chi connectivity index (χ0v) is 12.8. The van der Waals surface area contributed by atoms with E-state index in [9.17, 15) is 4.79 Å². The Morgan fingerprint density at radius 1 is 1.43 bits per heavy atom. The molecule has 21 heavy (non-hydrogen) atoms. The third-order valence-electron chi connectivity index (χ3n) is 3.47. The second kappa shape index (κ2) is 5.69. The number of carbonyl (C=O) groups is 1. The number of aliphatic carboxylic acids is 1. The van der Waals surface area contributed by atoms with Crippen LogP contribution in [0.3, 0.4) is 0 Å². The molecule has 1 heterocycles. The standard InChI is InChI=1S/C14H13ClN2O3S/c1-7-2-3-10(11(15)4-7)12-16-17-14(20-12)21-9-5-8(6-9)13(18)19/h2-4,8-9H,5-6H2,1H3,(H,18,19). The van der Waals surface area contributed by atoms with Crippen molar-refractivity contribution in [2.75, 3.05) is 0 Å². The fourth-order valence-corrected chi connectivity index (χ4v) is 3.64. The van der Waals surface area contributed by atoms with Gasteiger partial charge in [0.25, 0.3) is 5.22 Å². The average molecular weight is 325 g/mol. The second-order valence-corrected chi connectivity index (χ2v) is 6.76. The zero-order chi connectivity index (χ0) is 15.0. The number of aromatic nitrogens is 2. The Morgan fingerprint density at radius 3 is 2.86 bits per heavy atom. The van der Waals surface area contributed by atoms with E-state index >= 15 is 0 Å². The Labute approximate surface area is 130 Å². The molecule has 1 N–H and O–H groups in total. The molecule has 3 rings (SSSR count). The first-order chi connectivity index (χ1) is 10.0. The molecule has 2 aromatic rings. The van der Waals surface area contributed by atoms with Gasteiger partial charge in [-0.15, -0.1) is 10.2 Å². The van der Waals surface area contributed by atoms with E-state index < -0.39 is 5.97 Å². The van der Waals surface area contributed by atoms with E-state index in [-0.39, 0.29) is 11.2 Å². The topological polar surface area (TPSA) is 76.2 Å². The van der Waals surface area contributed by atoms with Crippen LogP contribution in [0, 0.1) is 12.8 Å². The van der Waals surface area contributed by atoms with E-state index in [1.807, 2.05) is 25.1 Å². The average Bonchev–Trinajstić information content (AvgIpc) is 2.81. The number of thioether (sulfide) groups is 1. The van der Waals surface area contributed by atoms with Crippen LogP contribution >= 0.6 is 23.4 Å². The number of hydrogen-bond donors (Lipinski definition) is 1. The van der Waals surface area contributed by atoms with E-state index in [0.717, 1.165) is 5.56 Å². The molecule has 0 saturated heterocycles. The maximum Gasteiger partial charge on any atom is 0.306 e. The Hall–Kier alpha value is -1.53. The third-order valence-corrected chi connectivity index (χ3v) is 4.87. The first kappa shape index (κ1) is 14.4. The molecular weight excluding hydrogens is 312 g/mol. The summed E-state index contributed by atoms with van der Waals surface area (Å²) in [6.07, 6.45) is 1.28. The number of carboxylic acid groups (broad SMARTS) is 1. The van der Waals surface area contributed by atoms with Crippen molar-refractivity contribution in [3.05, 3.63) is 28.8 Å². The molecule has 0 unspecified atom stereocenters. The fraction of sp³-hybridized carbons (Fsp3) is 0.357. The molecule has 0 spiro atoms. The van der Waals surface area contributed by atoms with Gasteiger partial charge in [-0.3, -0.25) is 4.79 Å². The van der Waals surface area contributed by atoms with Crippen LogP contribution < -0.4 is 0 Å². The highest BCUT2D eigenvalue weighted by Gasteiger charge is 2.36. The van der Waals surface area contributed by atoms with Gasteiger partial charge in [0.1, 0.15) is 0 Å². The van der Waals surface area contributed by atoms with Crippen LogP contribution in [-0.4, -0.2) is 26.5 Å².